The first kappa shape index (κ1) is 9.19. The second kappa shape index (κ2) is 3.40. The topological polar surface area (TPSA) is 30.7 Å². The van der Waals surface area contributed by atoms with Crippen molar-refractivity contribution in [1.82, 2.24) is 14.5 Å². The number of rotatable bonds is 2. The Hall–Kier alpha value is -1.38. The van der Waals surface area contributed by atoms with Gasteiger partial charge in [-0.1, -0.05) is 6.92 Å². The van der Waals surface area contributed by atoms with Gasteiger partial charge in [-0.2, -0.15) is 0 Å². The maximum absolute atomic E-state index is 4.32. The Morgan fingerprint density at radius 1 is 1.36 bits per heavy atom. The lowest BCUT2D eigenvalue weighted by Gasteiger charge is -2.08. The second-order valence-electron chi connectivity index (χ2n) is 3.73. The van der Waals surface area contributed by atoms with E-state index in [-0.39, 0.29) is 0 Å². The minimum Gasteiger partial charge on any atom is -0.330 e. The predicted octanol–water partition coefficient (Wildman–Crippen LogP) is 2.57. The van der Waals surface area contributed by atoms with Crippen LogP contribution in [0.25, 0.3) is 11.0 Å². The van der Waals surface area contributed by atoms with E-state index in [0.717, 1.165) is 17.8 Å². The van der Waals surface area contributed by atoms with Crippen LogP contribution in [0.1, 0.15) is 32.5 Å². The van der Waals surface area contributed by atoms with E-state index >= 15 is 0 Å². The van der Waals surface area contributed by atoms with Crippen molar-refractivity contribution < 1.29 is 0 Å². The molecule has 2 rings (SSSR count). The van der Waals surface area contributed by atoms with Gasteiger partial charge in [0.2, 0.25) is 0 Å². The third-order valence-electron chi connectivity index (χ3n) is 2.48. The SMILES string of the molecule is CCc1ncnc2c1ccn2C(C)C. The van der Waals surface area contributed by atoms with Gasteiger partial charge in [-0.15, -0.1) is 0 Å². The van der Waals surface area contributed by atoms with Crippen molar-refractivity contribution in [2.24, 2.45) is 0 Å². The van der Waals surface area contributed by atoms with Crippen molar-refractivity contribution in [3.8, 4) is 0 Å². The number of hydrogen-bond donors (Lipinski definition) is 0. The highest BCUT2D eigenvalue weighted by Gasteiger charge is 2.08. The molecule has 2 aromatic rings. The molecule has 0 bridgehead atoms. The monoisotopic (exact) mass is 189 g/mol. The number of nitrogens with zero attached hydrogens (tertiary/aromatic N) is 3. The maximum Gasteiger partial charge on any atom is 0.143 e. The van der Waals surface area contributed by atoms with Crippen LogP contribution in [0.3, 0.4) is 0 Å². The average Bonchev–Trinajstić information content (AvgIpc) is 2.60. The number of hydrogen-bond acceptors (Lipinski definition) is 2. The van der Waals surface area contributed by atoms with Crippen LogP contribution in [0.4, 0.5) is 0 Å². The van der Waals surface area contributed by atoms with E-state index < -0.39 is 0 Å². The molecule has 0 saturated heterocycles. The lowest BCUT2D eigenvalue weighted by atomic mass is 10.2. The summed E-state index contributed by atoms with van der Waals surface area (Å²) in [6.45, 7) is 6.44. The third-order valence-corrected chi connectivity index (χ3v) is 2.48. The van der Waals surface area contributed by atoms with E-state index in [0.29, 0.717) is 6.04 Å². The van der Waals surface area contributed by atoms with E-state index in [1.54, 1.807) is 6.33 Å². The molecule has 2 heterocycles. The van der Waals surface area contributed by atoms with Gasteiger partial charge >= 0.3 is 0 Å². The quantitative estimate of drug-likeness (QED) is 0.727. The molecule has 0 aliphatic rings. The van der Waals surface area contributed by atoms with Gasteiger partial charge in [-0.05, 0) is 26.3 Å². The second-order valence-corrected chi connectivity index (χ2v) is 3.73. The van der Waals surface area contributed by atoms with Crippen LogP contribution >= 0.6 is 0 Å². The summed E-state index contributed by atoms with van der Waals surface area (Å²) in [6, 6.07) is 2.56. The summed E-state index contributed by atoms with van der Waals surface area (Å²) < 4.78 is 2.18. The standard InChI is InChI=1S/C11H15N3/c1-4-10-9-5-6-14(8(2)3)11(9)13-7-12-10/h5-8H,4H2,1-3H3. The van der Waals surface area contributed by atoms with Crippen molar-refractivity contribution >= 4 is 11.0 Å². The average molecular weight is 189 g/mol. The van der Waals surface area contributed by atoms with Crippen LogP contribution in [0.15, 0.2) is 18.6 Å². The van der Waals surface area contributed by atoms with E-state index in [4.69, 9.17) is 0 Å². The number of aryl methyl sites for hydroxylation is 1. The summed E-state index contributed by atoms with van der Waals surface area (Å²) in [5, 5.41) is 1.18. The Morgan fingerprint density at radius 3 is 2.79 bits per heavy atom. The van der Waals surface area contributed by atoms with E-state index in [1.807, 2.05) is 0 Å². The van der Waals surface area contributed by atoms with E-state index in [2.05, 4.69) is 47.6 Å². The molecule has 0 amide bonds. The van der Waals surface area contributed by atoms with E-state index in [9.17, 15) is 0 Å². The smallest absolute Gasteiger partial charge is 0.143 e. The summed E-state index contributed by atoms with van der Waals surface area (Å²) in [6.07, 6.45) is 4.70. The highest BCUT2D eigenvalue weighted by Crippen LogP contribution is 2.19. The molecule has 3 heteroatoms. The van der Waals surface area contributed by atoms with Gasteiger partial charge in [0, 0.05) is 17.6 Å². The van der Waals surface area contributed by atoms with Crippen molar-refractivity contribution in [3.05, 3.63) is 24.3 Å². The Labute approximate surface area is 83.8 Å². The minimum absolute atomic E-state index is 0.451. The summed E-state index contributed by atoms with van der Waals surface area (Å²) in [7, 11) is 0. The fourth-order valence-corrected chi connectivity index (χ4v) is 1.72. The normalized spacial score (nSPS) is 11.4. The largest absolute Gasteiger partial charge is 0.330 e. The number of fused-ring (bicyclic) bond motifs is 1. The molecule has 0 saturated carbocycles. The Kier molecular flexibility index (Phi) is 2.23. The molecule has 0 radical (unpaired) electrons. The van der Waals surface area contributed by atoms with Gasteiger partial charge in [-0.25, -0.2) is 9.97 Å². The summed E-state index contributed by atoms with van der Waals surface area (Å²) in [5.41, 5.74) is 2.18. The lowest BCUT2D eigenvalue weighted by molar-refractivity contribution is 0.617. The molecule has 0 aliphatic carbocycles. The van der Waals surface area contributed by atoms with Crippen molar-refractivity contribution in [2.75, 3.05) is 0 Å². The Morgan fingerprint density at radius 2 is 2.14 bits per heavy atom. The van der Waals surface area contributed by atoms with Crippen LogP contribution in [-0.4, -0.2) is 14.5 Å². The lowest BCUT2D eigenvalue weighted by Crippen LogP contribution is -2.00. The summed E-state index contributed by atoms with van der Waals surface area (Å²) in [4.78, 5) is 8.60. The molecule has 14 heavy (non-hydrogen) atoms. The molecular weight excluding hydrogens is 174 g/mol. The van der Waals surface area contributed by atoms with E-state index in [1.165, 1.54) is 5.39 Å². The molecule has 0 atom stereocenters. The molecule has 0 unspecified atom stereocenters. The van der Waals surface area contributed by atoms with Crippen LogP contribution in [0.5, 0.6) is 0 Å². The molecule has 3 nitrogen and oxygen atoms in total. The van der Waals surface area contributed by atoms with Gasteiger partial charge in [0.05, 0.1) is 5.69 Å². The summed E-state index contributed by atoms with van der Waals surface area (Å²) >= 11 is 0. The molecule has 2 aromatic heterocycles. The molecule has 0 fully saturated rings. The molecule has 0 N–H and O–H groups in total. The van der Waals surface area contributed by atoms with Crippen molar-refractivity contribution in [1.29, 1.82) is 0 Å². The number of aromatic nitrogens is 3. The fraction of sp³-hybridized carbons (Fsp3) is 0.455. The van der Waals surface area contributed by atoms with Crippen LogP contribution in [0.2, 0.25) is 0 Å². The first-order chi connectivity index (χ1) is 6.74. The van der Waals surface area contributed by atoms with Gasteiger partial charge in [-0.3, -0.25) is 0 Å². The van der Waals surface area contributed by atoms with Gasteiger partial charge in [0.15, 0.2) is 0 Å². The van der Waals surface area contributed by atoms with Gasteiger partial charge < -0.3 is 4.57 Å². The zero-order chi connectivity index (χ0) is 10.1. The Balaban J connectivity index is 2.69. The summed E-state index contributed by atoms with van der Waals surface area (Å²) in [5.74, 6) is 0. The van der Waals surface area contributed by atoms with Crippen LogP contribution < -0.4 is 0 Å². The Bertz CT molecular complexity index is 443. The van der Waals surface area contributed by atoms with Crippen LogP contribution in [0, 0.1) is 0 Å². The van der Waals surface area contributed by atoms with Gasteiger partial charge in [0.1, 0.15) is 12.0 Å². The van der Waals surface area contributed by atoms with Crippen molar-refractivity contribution in [3.63, 3.8) is 0 Å². The highest BCUT2D eigenvalue weighted by atomic mass is 15.1. The molecule has 0 aromatic carbocycles. The first-order valence-corrected chi connectivity index (χ1v) is 5.04. The molecular formula is C11H15N3. The molecule has 74 valence electrons. The minimum atomic E-state index is 0.451. The first-order valence-electron chi connectivity index (χ1n) is 5.04. The molecule has 0 aliphatic heterocycles. The van der Waals surface area contributed by atoms with Crippen molar-refractivity contribution in [2.45, 2.75) is 33.2 Å². The highest BCUT2D eigenvalue weighted by molar-refractivity contribution is 5.78. The zero-order valence-electron chi connectivity index (χ0n) is 8.86. The van der Waals surface area contributed by atoms with Gasteiger partial charge in [0.25, 0.3) is 0 Å². The fourth-order valence-electron chi connectivity index (χ4n) is 1.72. The molecule has 0 spiro atoms. The maximum atomic E-state index is 4.32. The predicted molar refractivity (Wildman–Crippen MR) is 57.3 cm³/mol. The third kappa shape index (κ3) is 1.29. The van der Waals surface area contributed by atoms with Crippen LogP contribution in [-0.2, 0) is 6.42 Å². The zero-order valence-corrected chi connectivity index (χ0v) is 8.86.